The molecule has 260 valence electrons. The van der Waals surface area contributed by atoms with Crippen molar-refractivity contribution in [3.63, 3.8) is 0 Å². The quantitative estimate of drug-likeness (QED) is 0.108. The largest absolute Gasteiger partial charge is 0.373 e. The maximum absolute atomic E-state index is 8.12. The summed E-state index contributed by atoms with van der Waals surface area (Å²) in [5.74, 6) is 0.523. The van der Waals surface area contributed by atoms with Gasteiger partial charge >= 0.3 is 6.15 Å². The highest BCUT2D eigenvalue weighted by Gasteiger charge is 2.23. The smallest absolute Gasteiger partial charge is 0.332 e. The molecule has 2 aromatic heterocycles. The molecule has 7 nitrogen and oxygen atoms in total. The topological polar surface area (TPSA) is 89.8 Å². The highest BCUT2D eigenvalue weighted by atomic mass is 32.1. The van der Waals surface area contributed by atoms with Crippen molar-refractivity contribution in [2.24, 2.45) is 5.92 Å². The van der Waals surface area contributed by atoms with Gasteiger partial charge in [0.2, 0.25) is 0 Å². The Morgan fingerprint density at radius 2 is 1.38 bits per heavy atom. The number of nitrogens with one attached hydrogen (secondary N) is 1. The van der Waals surface area contributed by atoms with E-state index in [1.807, 2.05) is 29.2 Å². The molecule has 8 heteroatoms. The van der Waals surface area contributed by atoms with E-state index < -0.39 is 0 Å². The van der Waals surface area contributed by atoms with Crippen LogP contribution in [0, 0.1) is 5.92 Å². The minimum absolute atomic E-state index is 0.207. The first-order valence-electron chi connectivity index (χ1n) is 17.8. The minimum Gasteiger partial charge on any atom is -0.332 e. The number of benzene rings is 4. The van der Waals surface area contributed by atoms with Crippen LogP contribution in [0.3, 0.4) is 0 Å². The summed E-state index contributed by atoms with van der Waals surface area (Å²) in [6.07, 6.45) is 15.3. The van der Waals surface area contributed by atoms with Crippen molar-refractivity contribution in [3.05, 3.63) is 127 Å². The number of aryl methyl sites for hydroxylation is 1. The van der Waals surface area contributed by atoms with Gasteiger partial charge in [0.15, 0.2) is 5.13 Å². The van der Waals surface area contributed by atoms with Gasteiger partial charge in [-0.3, -0.25) is 0 Å². The fourth-order valence-electron chi connectivity index (χ4n) is 6.15. The molecule has 1 atom stereocenters. The monoisotopic (exact) mass is 687 g/mol. The third-order valence-electron chi connectivity index (χ3n) is 8.89. The van der Waals surface area contributed by atoms with Gasteiger partial charge in [0, 0.05) is 5.69 Å². The molecule has 0 aliphatic carbocycles. The molecule has 0 radical (unpaired) electrons. The van der Waals surface area contributed by atoms with Crippen molar-refractivity contribution < 1.29 is 9.59 Å². The average molecular weight is 688 g/mol. The van der Waals surface area contributed by atoms with Gasteiger partial charge in [-0.25, -0.2) is 14.6 Å². The predicted octanol–water partition coefficient (Wildman–Crippen LogP) is 11.3. The second-order valence-electron chi connectivity index (χ2n) is 12.3. The molecule has 0 amide bonds. The van der Waals surface area contributed by atoms with Crippen LogP contribution in [-0.2, 0) is 16.0 Å². The minimum atomic E-state index is 0.207. The Morgan fingerprint density at radius 1 is 0.740 bits per heavy atom. The SMILES string of the molecule is CCC(CC)C(c1ccc(Nc2nc3ccccc3s2)cc1)n1cncn1.CCCCCCCCc1ccc(-c2ccccc2)cc1.O=C=O. The van der Waals surface area contributed by atoms with Crippen molar-refractivity contribution in [1.29, 1.82) is 0 Å². The van der Waals surface area contributed by atoms with Crippen LogP contribution in [0.4, 0.5) is 10.8 Å². The van der Waals surface area contributed by atoms with Gasteiger partial charge in [-0.1, -0.05) is 156 Å². The van der Waals surface area contributed by atoms with E-state index >= 15 is 0 Å². The maximum Gasteiger partial charge on any atom is 0.373 e. The lowest BCUT2D eigenvalue weighted by molar-refractivity contribution is -0.191. The Morgan fingerprint density at radius 3 is 2.02 bits per heavy atom. The predicted molar refractivity (Wildman–Crippen MR) is 206 cm³/mol. The Kier molecular flexibility index (Phi) is 16.1. The summed E-state index contributed by atoms with van der Waals surface area (Å²) in [5.41, 5.74) is 7.42. The highest BCUT2D eigenvalue weighted by molar-refractivity contribution is 7.22. The molecule has 0 fully saturated rings. The number of carbonyl (C=O) groups excluding carboxylic acids is 2. The Balaban J connectivity index is 0.000000217. The number of rotatable bonds is 15. The average Bonchev–Trinajstić information content (AvgIpc) is 3.84. The molecule has 0 spiro atoms. The van der Waals surface area contributed by atoms with Crippen LogP contribution < -0.4 is 5.32 Å². The summed E-state index contributed by atoms with van der Waals surface area (Å²) in [4.78, 5) is 25.0. The second-order valence-corrected chi connectivity index (χ2v) is 13.3. The molecule has 0 bridgehead atoms. The Bertz CT molecular complexity index is 1780. The summed E-state index contributed by atoms with van der Waals surface area (Å²) in [7, 11) is 0. The fraction of sp³-hybridized carbons (Fsp3) is 0.333. The van der Waals surface area contributed by atoms with Gasteiger partial charge in [0.1, 0.15) is 12.7 Å². The molecule has 0 saturated heterocycles. The third kappa shape index (κ3) is 11.6. The van der Waals surface area contributed by atoms with Crippen LogP contribution >= 0.6 is 11.3 Å². The first-order valence-corrected chi connectivity index (χ1v) is 18.6. The molecule has 6 rings (SSSR count). The molecule has 1 unspecified atom stereocenters. The zero-order chi connectivity index (χ0) is 35.4. The van der Waals surface area contributed by atoms with Crippen LogP contribution in [-0.4, -0.2) is 25.9 Å². The number of aromatic nitrogens is 4. The molecule has 6 aromatic rings. The van der Waals surface area contributed by atoms with Gasteiger partial charge in [0.25, 0.3) is 0 Å². The van der Waals surface area contributed by atoms with E-state index in [2.05, 4.69) is 126 Å². The third-order valence-corrected chi connectivity index (χ3v) is 9.85. The fourth-order valence-corrected chi connectivity index (χ4v) is 7.04. The van der Waals surface area contributed by atoms with Gasteiger partial charge < -0.3 is 5.32 Å². The zero-order valence-corrected chi connectivity index (χ0v) is 30.3. The lowest BCUT2D eigenvalue weighted by Gasteiger charge is -2.26. The molecular formula is C42H49N5O2S. The molecule has 4 aromatic carbocycles. The molecule has 0 saturated carbocycles. The normalized spacial score (nSPS) is 11.2. The number of fused-ring (bicyclic) bond motifs is 1. The van der Waals surface area contributed by atoms with E-state index in [9.17, 15) is 0 Å². The van der Waals surface area contributed by atoms with Crippen molar-refractivity contribution in [2.45, 2.75) is 84.6 Å². The summed E-state index contributed by atoms with van der Waals surface area (Å²) in [6, 6.07) is 36.7. The molecular weight excluding hydrogens is 639 g/mol. The molecule has 1 N–H and O–H groups in total. The van der Waals surface area contributed by atoms with E-state index in [-0.39, 0.29) is 12.2 Å². The number of anilines is 2. The van der Waals surface area contributed by atoms with Crippen LogP contribution in [0.1, 0.15) is 89.3 Å². The van der Waals surface area contributed by atoms with E-state index in [1.165, 1.54) is 71.9 Å². The number of thiazole rings is 1. The summed E-state index contributed by atoms with van der Waals surface area (Å²) < 4.78 is 3.17. The molecule has 0 aliphatic rings. The van der Waals surface area contributed by atoms with Crippen molar-refractivity contribution >= 4 is 38.5 Å². The van der Waals surface area contributed by atoms with E-state index in [0.29, 0.717) is 5.92 Å². The van der Waals surface area contributed by atoms with E-state index in [0.717, 1.165) is 29.2 Å². The van der Waals surface area contributed by atoms with Gasteiger partial charge in [0.05, 0.1) is 16.3 Å². The van der Waals surface area contributed by atoms with E-state index in [1.54, 1.807) is 17.7 Å². The number of unbranched alkanes of at least 4 members (excludes halogenated alkanes) is 5. The lowest BCUT2D eigenvalue weighted by atomic mass is 9.89. The molecule has 2 heterocycles. The summed E-state index contributed by atoms with van der Waals surface area (Å²) in [5, 5.41) is 8.74. The molecule has 50 heavy (non-hydrogen) atoms. The first-order chi connectivity index (χ1) is 24.6. The van der Waals surface area contributed by atoms with Crippen LogP contribution in [0.5, 0.6) is 0 Å². The highest BCUT2D eigenvalue weighted by Crippen LogP contribution is 2.33. The van der Waals surface area contributed by atoms with Crippen LogP contribution in [0.15, 0.2) is 116 Å². The Hall–Kier alpha value is -4.91. The van der Waals surface area contributed by atoms with Crippen molar-refractivity contribution in [2.75, 3.05) is 5.32 Å². The number of nitrogens with zero attached hydrogens (tertiary/aromatic N) is 4. The van der Waals surface area contributed by atoms with Crippen molar-refractivity contribution in [3.8, 4) is 11.1 Å². The van der Waals surface area contributed by atoms with Crippen LogP contribution in [0.2, 0.25) is 0 Å². The maximum atomic E-state index is 8.12. The number of hydrogen-bond donors (Lipinski definition) is 1. The second kappa shape index (κ2) is 21.2. The summed E-state index contributed by atoms with van der Waals surface area (Å²) in [6.45, 7) is 6.75. The number of para-hydroxylation sites is 1. The van der Waals surface area contributed by atoms with Crippen LogP contribution in [0.25, 0.3) is 21.3 Å². The Labute approximate surface area is 300 Å². The van der Waals surface area contributed by atoms with Gasteiger partial charge in [-0.15, -0.1) is 0 Å². The van der Waals surface area contributed by atoms with Gasteiger partial charge in [-0.05, 0) is 65.3 Å². The molecule has 0 aliphatic heterocycles. The number of hydrogen-bond acceptors (Lipinski definition) is 7. The van der Waals surface area contributed by atoms with E-state index in [4.69, 9.17) is 9.59 Å². The first kappa shape index (κ1) is 37.9. The summed E-state index contributed by atoms with van der Waals surface area (Å²) >= 11 is 1.67. The zero-order valence-electron chi connectivity index (χ0n) is 29.5. The standard InChI is InChI=1S/C21H23N5S.C20H26.CO2/c1-3-15(4-2)20(26-14-22-13-23-26)16-9-11-17(12-10-16)24-21-25-18-7-5-6-8-19(18)27-21;1-2-3-4-5-6-8-11-18-14-16-20(17-15-18)19-12-9-7-10-13-19;2-1-3/h5-15,20H,3-4H2,1-2H3,(H,24,25);7,9-10,12-17H,2-6,8,11H2,1H3;. The van der Waals surface area contributed by atoms with Gasteiger partial charge in [-0.2, -0.15) is 14.7 Å². The van der Waals surface area contributed by atoms with Crippen molar-refractivity contribution in [1.82, 2.24) is 19.7 Å². The lowest BCUT2D eigenvalue weighted by Crippen LogP contribution is -2.20.